The fourth-order valence-electron chi connectivity index (χ4n) is 6.38. The molecule has 0 aromatic heterocycles. The number of anilines is 4. The summed E-state index contributed by atoms with van der Waals surface area (Å²) in [6.45, 7) is 14.9. The van der Waals surface area contributed by atoms with Gasteiger partial charge in [0.25, 0.3) is 0 Å². The van der Waals surface area contributed by atoms with E-state index < -0.39 is 0 Å². The van der Waals surface area contributed by atoms with Crippen molar-refractivity contribution in [3.05, 3.63) is 272 Å². The van der Waals surface area contributed by atoms with Crippen molar-refractivity contribution < 1.29 is 0 Å². The Hall–Kier alpha value is -7.30. The maximum atomic E-state index is 5.37. The first-order chi connectivity index (χ1) is 28.9. The van der Waals surface area contributed by atoms with Crippen molar-refractivity contribution in [3.8, 4) is 0 Å². The van der Waals surface area contributed by atoms with Gasteiger partial charge in [-0.15, -0.1) is 0 Å². The lowest BCUT2D eigenvalue weighted by atomic mass is 10.00. The summed E-state index contributed by atoms with van der Waals surface area (Å²) in [6.07, 6.45) is 40.7. The maximum Gasteiger partial charge on any atom is 0.0493 e. The molecule has 4 N–H and O–H groups in total. The van der Waals surface area contributed by atoms with Crippen molar-refractivity contribution in [2.24, 2.45) is 11.5 Å². The van der Waals surface area contributed by atoms with E-state index in [4.69, 9.17) is 11.5 Å². The molecule has 298 valence electrons. The summed E-state index contributed by atoms with van der Waals surface area (Å²) in [6, 6.07) is 36.6. The molecule has 4 heteroatoms. The molecule has 0 radical (unpaired) electrons. The van der Waals surface area contributed by atoms with Gasteiger partial charge in [-0.25, -0.2) is 0 Å². The molecule has 0 saturated heterocycles. The summed E-state index contributed by atoms with van der Waals surface area (Å²) >= 11 is 0. The molecule has 1 aliphatic rings. The van der Waals surface area contributed by atoms with Crippen molar-refractivity contribution >= 4 is 28.3 Å². The summed E-state index contributed by atoms with van der Waals surface area (Å²) in [7, 11) is 0. The van der Waals surface area contributed by atoms with Gasteiger partial charge < -0.3 is 21.3 Å². The highest BCUT2D eigenvalue weighted by Gasteiger charge is 2.19. The van der Waals surface area contributed by atoms with Crippen LogP contribution in [0, 0.1) is 6.92 Å². The van der Waals surface area contributed by atoms with Crippen LogP contribution in [0.4, 0.5) is 22.7 Å². The van der Waals surface area contributed by atoms with Crippen LogP contribution in [-0.4, -0.2) is 0 Å². The maximum absolute atomic E-state index is 5.37. The molecule has 0 unspecified atom stereocenters. The van der Waals surface area contributed by atoms with E-state index in [0.717, 1.165) is 58.1 Å². The Bertz CT molecular complexity index is 2290. The van der Waals surface area contributed by atoms with E-state index >= 15 is 0 Å². The van der Waals surface area contributed by atoms with Gasteiger partial charge >= 0.3 is 0 Å². The summed E-state index contributed by atoms with van der Waals surface area (Å²) in [5.41, 5.74) is 22.7. The molecule has 0 spiro atoms. The van der Waals surface area contributed by atoms with E-state index in [1.165, 1.54) is 29.1 Å². The van der Waals surface area contributed by atoms with Crippen LogP contribution in [0.5, 0.6) is 0 Å². The zero-order chi connectivity index (χ0) is 42.1. The highest BCUT2D eigenvalue weighted by Crippen LogP contribution is 2.38. The first-order valence-electron chi connectivity index (χ1n) is 19.9. The van der Waals surface area contributed by atoms with Crippen LogP contribution in [0.25, 0.3) is 5.57 Å². The molecule has 1 aliphatic heterocycles. The van der Waals surface area contributed by atoms with Gasteiger partial charge in [0.05, 0.1) is 0 Å². The van der Waals surface area contributed by atoms with Crippen LogP contribution in [-0.2, 0) is 6.42 Å². The van der Waals surface area contributed by atoms with Crippen molar-refractivity contribution in [1.82, 2.24) is 0 Å². The Balaban J connectivity index is 0.000000870. The fourth-order valence-corrected chi connectivity index (χ4v) is 6.38. The summed E-state index contributed by atoms with van der Waals surface area (Å²) < 4.78 is 0. The van der Waals surface area contributed by atoms with E-state index in [0.29, 0.717) is 0 Å². The smallest absolute Gasteiger partial charge is 0.0493 e. The Labute approximate surface area is 353 Å². The third-order valence-corrected chi connectivity index (χ3v) is 9.27. The second-order valence-electron chi connectivity index (χ2n) is 13.4. The van der Waals surface area contributed by atoms with Gasteiger partial charge in [-0.1, -0.05) is 159 Å². The van der Waals surface area contributed by atoms with E-state index in [1.54, 1.807) is 12.2 Å². The number of nitrogens with zero attached hydrogens (tertiary/aromatic N) is 2. The van der Waals surface area contributed by atoms with Gasteiger partial charge in [0.1, 0.15) is 0 Å². The molecule has 0 atom stereocenters. The number of aryl methyl sites for hydroxylation is 1. The molecule has 4 nitrogen and oxygen atoms in total. The fraction of sp³-hybridized carbons (Fsp3) is 0.0909. The number of nitrogens with two attached hydrogens (primary N) is 2. The van der Waals surface area contributed by atoms with Crippen LogP contribution >= 0.6 is 0 Å². The monoisotopic (exact) mass is 774 g/mol. The van der Waals surface area contributed by atoms with Gasteiger partial charge in [0.15, 0.2) is 0 Å². The van der Waals surface area contributed by atoms with Crippen molar-refractivity contribution in [2.45, 2.75) is 33.6 Å². The Morgan fingerprint density at radius 2 is 1.34 bits per heavy atom. The molecule has 59 heavy (non-hydrogen) atoms. The lowest BCUT2D eigenvalue weighted by Gasteiger charge is -2.29. The van der Waals surface area contributed by atoms with Gasteiger partial charge in [-0.3, -0.25) is 0 Å². The Kier molecular flexibility index (Phi) is 18.9. The van der Waals surface area contributed by atoms with E-state index in [1.807, 2.05) is 61.6 Å². The Morgan fingerprint density at radius 1 is 0.695 bits per heavy atom. The second-order valence-corrected chi connectivity index (χ2v) is 13.4. The molecule has 0 saturated carbocycles. The molecule has 4 aromatic rings. The normalized spacial score (nSPS) is 16.6. The minimum Gasteiger partial charge on any atom is -0.405 e. The van der Waals surface area contributed by atoms with Crippen molar-refractivity contribution in [3.63, 3.8) is 0 Å². The molecular weight excluding hydrogens is 717 g/mol. The average Bonchev–Trinajstić information content (AvgIpc) is 3.33. The van der Waals surface area contributed by atoms with Gasteiger partial charge in [-0.2, -0.15) is 0 Å². The Morgan fingerprint density at radius 3 is 2.00 bits per heavy atom. The number of rotatable bonds is 13. The van der Waals surface area contributed by atoms with E-state index in [9.17, 15) is 0 Å². The van der Waals surface area contributed by atoms with E-state index in [-0.39, 0.29) is 0 Å². The topological polar surface area (TPSA) is 58.5 Å². The standard InChI is InChI=1S/C48H47N3.C7H11N/c1-5-20-48-41(6-2)30-31-42(29-28-39(4)50(48)46-26-19-23-40(37-46)22-13-10-8-7-9-11-18-36-49)43-32-34-45(35-33-43)51(44-24-14-12-15-25-44)47-27-17-16-21-38(47)3;1-2-3-4-5-6-7-8/h5-21,23-29,31-37H,1,4,22,30,49H2,2-3H3;2-7H,8H2,1H3/b8-7+,11-9-,13-10+,29-28-,36-18-,41-6-,42-31+,48-20+;3-2+,5-4-,7-6-. The summed E-state index contributed by atoms with van der Waals surface area (Å²) in [5.74, 6) is 0. The quantitative estimate of drug-likeness (QED) is 0.133. The van der Waals surface area contributed by atoms with Gasteiger partial charge in [0.2, 0.25) is 0 Å². The zero-order valence-corrected chi connectivity index (χ0v) is 34.7. The van der Waals surface area contributed by atoms with Crippen molar-refractivity contribution in [2.75, 3.05) is 9.80 Å². The average molecular weight is 775 g/mol. The predicted octanol–water partition coefficient (Wildman–Crippen LogP) is 14.1. The molecule has 0 fully saturated rings. The van der Waals surface area contributed by atoms with Gasteiger partial charge in [0, 0.05) is 34.1 Å². The zero-order valence-electron chi connectivity index (χ0n) is 34.7. The number of hydrogen-bond acceptors (Lipinski definition) is 4. The first kappa shape index (κ1) is 44.4. The third-order valence-electron chi connectivity index (χ3n) is 9.27. The van der Waals surface area contributed by atoms with Crippen LogP contribution in [0.1, 0.15) is 37.0 Å². The van der Waals surface area contributed by atoms with Crippen LogP contribution in [0.2, 0.25) is 0 Å². The minimum atomic E-state index is 0.755. The second kappa shape index (κ2) is 25.1. The molecule has 5 rings (SSSR count). The van der Waals surface area contributed by atoms with Crippen LogP contribution < -0.4 is 21.3 Å². The number of allylic oxidation sites excluding steroid dienone is 20. The summed E-state index contributed by atoms with van der Waals surface area (Å²) in [5, 5.41) is 0. The van der Waals surface area contributed by atoms with Crippen LogP contribution in [0.15, 0.2) is 255 Å². The highest BCUT2D eigenvalue weighted by atomic mass is 15.2. The van der Waals surface area contributed by atoms with Gasteiger partial charge in [-0.05, 0) is 141 Å². The lowest BCUT2D eigenvalue weighted by molar-refractivity contribution is 1.07. The first-order valence-corrected chi connectivity index (χ1v) is 19.9. The molecule has 0 amide bonds. The molecule has 4 aromatic carbocycles. The largest absolute Gasteiger partial charge is 0.405 e. The minimum absolute atomic E-state index is 0.755. The van der Waals surface area contributed by atoms with Crippen LogP contribution in [0.3, 0.4) is 0 Å². The summed E-state index contributed by atoms with van der Waals surface area (Å²) in [4.78, 5) is 4.55. The molecule has 1 heterocycles. The van der Waals surface area contributed by atoms with Crippen molar-refractivity contribution in [1.29, 1.82) is 0 Å². The highest BCUT2D eigenvalue weighted by molar-refractivity contribution is 5.82. The SMILES string of the molecule is C/C=C/C=C\C=C/N.C=C/C=C1\C(=C/C)C/C=C(c2ccc(N(c3ccccc3)c3ccccc3C)cc2)\C=C/C(=C)N1c1cccc(C/C=C/C=C/C=C\C=C/N)c1. The molecule has 0 aliphatic carbocycles. The molecular formula is C55H58N4. The number of hydrogen-bond donors (Lipinski definition) is 2. The predicted molar refractivity (Wildman–Crippen MR) is 259 cm³/mol. The molecule has 0 bridgehead atoms. The van der Waals surface area contributed by atoms with E-state index in [2.05, 4.69) is 182 Å². The number of para-hydroxylation sites is 2. The lowest BCUT2D eigenvalue weighted by Crippen LogP contribution is -2.21. The third kappa shape index (κ3) is 13.7. The number of benzene rings is 4.